The summed E-state index contributed by atoms with van der Waals surface area (Å²) in [5.74, 6) is -9.21. The van der Waals surface area contributed by atoms with Crippen LogP contribution >= 0.6 is 11.5 Å². The number of aromatic nitrogens is 2. The minimum absolute atomic E-state index is 0.0525. The van der Waals surface area contributed by atoms with Gasteiger partial charge in [-0.15, -0.1) is 5.10 Å². The molecule has 16 heteroatoms. The molecule has 2 heterocycles. The van der Waals surface area contributed by atoms with Crippen LogP contribution in [0.1, 0.15) is 71.8 Å². The van der Waals surface area contributed by atoms with Crippen LogP contribution in [0.3, 0.4) is 0 Å². The lowest BCUT2D eigenvalue weighted by atomic mass is 9.79. The van der Waals surface area contributed by atoms with Gasteiger partial charge in [0.25, 0.3) is 11.8 Å². The smallest absolute Gasteiger partial charge is 0.339 e. The molecular formula is C36H41F3N8O4S. The number of piperazine rings is 1. The van der Waals surface area contributed by atoms with Crippen molar-refractivity contribution in [2.24, 2.45) is 11.8 Å². The van der Waals surface area contributed by atoms with E-state index in [0.29, 0.717) is 50.5 Å². The summed E-state index contributed by atoms with van der Waals surface area (Å²) in [4.78, 5) is 57.5. The number of likely N-dealkylation sites (N-methyl/N-ethyl adjacent to an activating group) is 1. The molecule has 276 valence electrons. The van der Waals surface area contributed by atoms with Gasteiger partial charge in [-0.05, 0) is 73.1 Å². The van der Waals surface area contributed by atoms with Crippen molar-refractivity contribution < 1.29 is 32.3 Å². The van der Waals surface area contributed by atoms with Gasteiger partial charge in [0.2, 0.25) is 11.8 Å². The molecule has 3 N–H and O–H groups in total. The van der Waals surface area contributed by atoms with Crippen LogP contribution in [-0.4, -0.2) is 88.3 Å². The summed E-state index contributed by atoms with van der Waals surface area (Å²) in [7, 11) is 1.95. The molecule has 12 nitrogen and oxygen atoms in total. The third kappa shape index (κ3) is 8.94. The fourth-order valence-electron chi connectivity index (χ4n) is 6.59. The molecule has 2 aromatic carbocycles. The molecule has 1 saturated heterocycles. The fourth-order valence-corrected chi connectivity index (χ4v) is 7.00. The molecule has 1 aliphatic heterocycles. The van der Waals surface area contributed by atoms with Gasteiger partial charge in [0.1, 0.15) is 22.8 Å². The lowest BCUT2D eigenvalue weighted by Gasteiger charge is -2.36. The zero-order valence-corrected chi connectivity index (χ0v) is 29.9. The number of hydrogen-bond acceptors (Lipinski definition) is 9. The number of benzene rings is 2. The van der Waals surface area contributed by atoms with Crippen LogP contribution in [-0.2, 0) is 20.3 Å². The highest BCUT2D eigenvalue weighted by atomic mass is 32.1. The second-order valence-corrected chi connectivity index (χ2v) is 14.4. The van der Waals surface area contributed by atoms with E-state index in [4.69, 9.17) is 5.26 Å². The van der Waals surface area contributed by atoms with E-state index in [0.717, 1.165) is 42.6 Å². The van der Waals surface area contributed by atoms with Crippen molar-refractivity contribution in [2.45, 2.75) is 63.5 Å². The minimum atomic E-state index is -4.06. The van der Waals surface area contributed by atoms with E-state index >= 15 is 13.2 Å². The Hall–Kier alpha value is -4.88. The first-order chi connectivity index (χ1) is 24.8. The summed E-state index contributed by atoms with van der Waals surface area (Å²) in [6, 6.07) is 7.79. The van der Waals surface area contributed by atoms with E-state index in [1.165, 1.54) is 30.5 Å². The molecule has 5 rings (SSSR count). The summed E-state index contributed by atoms with van der Waals surface area (Å²) in [5, 5.41) is 20.3. The second-order valence-electron chi connectivity index (χ2n) is 13.6. The highest BCUT2D eigenvalue weighted by Gasteiger charge is 2.44. The molecule has 4 amide bonds. The van der Waals surface area contributed by atoms with Gasteiger partial charge >= 0.3 is 5.92 Å². The number of carbonyl (C=O) groups is 4. The predicted octanol–water partition coefficient (Wildman–Crippen LogP) is 4.27. The molecular weight excluding hydrogens is 698 g/mol. The van der Waals surface area contributed by atoms with Crippen LogP contribution in [0.4, 0.5) is 18.9 Å². The van der Waals surface area contributed by atoms with Crippen molar-refractivity contribution in [1.29, 1.82) is 5.26 Å². The Balaban J connectivity index is 1.35. The predicted molar refractivity (Wildman–Crippen MR) is 187 cm³/mol. The van der Waals surface area contributed by atoms with Crippen LogP contribution in [0.25, 0.3) is 0 Å². The third-order valence-corrected chi connectivity index (χ3v) is 10.6. The second kappa shape index (κ2) is 16.6. The number of nitrogens with zero attached hydrogens (tertiary/aromatic N) is 5. The number of halogens is 3. The van der Waals surface area contributed by atoms with Gasteiger partial charge in [-0.1, -0.05) is 49.4 Å². The molecule has 1 unspecified atom stereocenters. The number of anilines is 1. The number of carbonyl (C=O) groups excluding carboxylic acids is 4. The summed E-state index contributed by atoms with van der Waals surface area (Å²) in [5.41, 5.74) is -0.639. The molecule has 0 spiro atoms. The van der Waals surface area contributed by atoms with Gasteiger partial charge in [0.05, 0.1) is 23.5 Å². The van der Waals surface area contributed by atoms with Crippen molar-refractivity contribution in [3.63, 3.8) is 0 Å². The highest BCUT2D eigenvalue weighted by molar-refractivity contribution is 7.07. The molecule has 1 aliphatic carbocycles. The van der Waals surface area contributed by atoms with Crippen LogP contribution in [0, 0.1) is 29.0 Å². The van der Waals surface area contributed by atoms with Crippen LogP contribution < -0.4 is 16.0 Å². The van der Waals surface area contributed by atoms with Crippen LogP contribution in [0.5, 0.6) is 0 Å². The van der Waals surface area contributed by atoms with Gasteiger partial charge < -0.3 is 25.8 Å². The molecule has 1 saturated carbocycles. The van der Waals surface area contributed by atoms with E-state index in [1.807, 2.05) is 14.0 Å². The first-order valence-electron chi connectivity index (χ1n) is 17.1. The lowest BCUT2D eigenvalue weighted by molar-refractivity contribution is -0.149. The number of nitriles is 1. The summed E-state index contributed by atoms with van der Waals surface area (Å²) >= 11 is 0.871. The van der Waals surface area contributed by atoms with Crippen molar-refractivity contribution in [3.05, 3.63) is 76.0 Å². The van der Waals surface area contributed by atoms with E-state index in [9.17, 15) is 19.2 Å². The quantitative estimate of drug-likeness (QED) is 0.263. The number of rotatable bonds is 11. The van der Waals surface area contributed by atoms with Gasteiger partial charge in [-0.2, -0.15) is 14.0 Å². The normalized spacial score (nSPS) is 19.8. The monoisotopic (exact) mass is 738 g/mol. The van der Waals surface area contributed by atoms with Gasteiger partial charge in [0.15, 0.2) is 0 Å². The molecule has 3 aromatic rings. The van der Waals surface area contributed by atoms with Gasteiger partial charge in [0, 0.05) is 37.7 Å². The number of alkyl halides is 2. The SMILES string of the molecule is CC1CCC(C(NC(=O)C(F)(F)c2cccc(C#N)c2)C(=O)Nc2ccc([C@H](C)[C@@H](NC(=O)c3cnns3)C(=O)N3CCN(C)CC3)cc2F)CC1. The topological polar surface area (TPSA) is 160 Å². The number of nitrogens with one attached hydrogen (secondary N) is 3. The summed E-state index contributed by atoms with van der Waals surface area (Å²) in [6.07, 6.45) is 3.70. The average molecular weight is 739 g/mol. The Morgan fingerprint density at radius 3 is 2.37 bits per heavy atom. The maximum atomic E-state index is 15.8. The highest BCUT2D eigenvalue weighted by Crippen LogP contribution is 2.34. The lowest BCUT2D eigenvalue weighted by Crippen LogP contribution is -2.55. The summed E-state index contributed by atoms with van der Waals surface area (Å²) < 4.78 is 50.2. The van der Waals surface area contributed by atoms with E-state index in [1.54, 1.807) is 17.9 Å². The molecule has 1 aromatic heterocycles. The summed E-state index contributed by atoms with van der Waals surface area (Å²) in [6.45, 7) is 5.92. The van der Waals surface area contributed by atoms with Crippen molar-refractivity contribution in [2.75, 3.05) is 38.5 Å². The maximum Gasteiger partial charge on any atom is 0.349 e. The Morgan fingerprint density at radius 2 is 1.73 bits per heavy atom. The Kier molecular flexibility index (Phi) is 12.3. The Bertz CT molecular complexity index is 1800. The maximum absolute atomic E-state index is 15.8. The Labute approximate surface area is 303 Å². The van der Waals surface area contributed by atoms with Crippen molar-refractivity contribution >= 4 is 40.8 Å². The number of hydrogen-bond donors (Lipinski definition) is 3. The van der Waals surface area contributed by atoms with E-state index in [2.05, 4.69) is 30.4 Å². The van der Waals surface area contributed by atoms with Crippen LogP contribution in [0.2, 0.25) is 0 Å². The third-order valence-electron chi connectivity index (χ3n) is 9.97. The van der Waals surface area contributed by atoms with E-state index < -0.39 is 58.9 Å². The molecule has 0 radical (unpaired) electrons. The molecule has 2 fully saturated rings. The average Bonchev–Trinajstić information content (AvgIpc) is 3.69. The van der Waals surface area contributed by atoms with Gasteiger partial charge in [-0.3, -0.25) is 19.2 Å². The molecule has 2 aliphatic rings. The largest absolute Gasteiger partial charge is 0.349 e. The van der Waals surface area contributed by atoms with Gasteiger partial charge in [-0.25, -0.2) is 4.39 Å². The molecule has 52 heavy (non-hydrogen) atoms. The van der Waals surface area contributed by atoms with Crippen molar-refractivity contribution in [1.82, 2.24) is 30.0 Å². The van der Waals surface area contributed by atoms with Crippen molar-refractivity contribution in [3.8, 4) is 6.07 Å². The van der Waals surface area contributed by atoms with E-state index in [-0.39, 0.29) is 22.0 Å². The molecule has 3 atom stereocenters. The van der Waals surface area contributed by atoms with Crippen LogP contribution in [0.15, 0.2) is 48.7 Å². The Morgan fingerprint density at radius 1 is 1.02 bits per heavy atom. The standard InChI is InChI=1S/C36H41F3N8O4S/c1-21-7-9-24(10-8-21)31(44-35(51)36(38,39)26-6-4-5-23(17-26)19-40)33(49)42-28-12-11-25(18-27(28)37)22(2)30(43-32(48)29-20-41-45-52-29)34(50)47-15-13-46(3)14-16-47/h4-6,11-12,17-18,20-22,24,30-31H,7-10,13-16H2,1-3H3,(H,42,49)(H,43,48)(H,44,51)/t21?,22-,24?,30+,31?/m0/s1. The zero-order valence-electron chi connectivity index (χ0n) is 29.1. The zero-order chi connectivity index (χ0) is 37.6. The fraction of sp³-hybridized carbons (Fsp3) is 0.472. The first-order valence-corrected chi connectivity index (χ1v) is 17.9. The minimum Gasteiger partial charge on any atom is -0.339 e. The first kappa shape index (κ1) is 38.4. The molecule has 0 bridgehead atoms. The number of amides is 4.